The quantitative estimate of drug-likeness (QED) is 0.565. The molecule has 4 nitrogen and oxygen atoms in total. The molecular formula is C21H23FN4. The zero-order chi connectivity index (χ0) is 18.0. The summed E-state index contributed by atoms with van der Waals surface area (Å²) in [4.78, 5) is 8.73. The zero-order valence-electron chi connectivity index (χ0n) is 14.7. The Morgan fingerprint density at radius 1 is 0.769 bits per heavy atom. The minimum Gasteiger partial charge on any atom is -0.370 e. The van der Waals surface area contributed by atoms with E-state index in [-0.39, 0.29) is 5.82 Å². The van der Waals surface area contributed by atoms with Crippen LogP contribution in [0.25, 0.3) is 0 Å². The van der Waals surface area contributed by atoms with Gasteiger partial charge in [0, 0.05) is 19.3 Å². The van der Waals surface area contributed by atoms with Crippen LogP contribution < -0.4 is 10.6 Å². The van der Waals surface area contributed by atoms with Crippen LogP contribution in [0.3, 0.4) is 0 Å². The van der Waals surface area contributed by atoms with Crippen molar-refractivity contribution in [2.75, 3.05) is 23.7 Å². The Balaban J connectivity index is 1.40. The molecule has 1 heterocycles. The molecule has 2 N–H and O–H groups in total. The van der Waals surface area contributed by atoms with E-state index in [2.05, 4.69) is 44.9 Å². The number of rotatable bonds is 9. The Morgan fingerprint density at radius 2 is 1.54 bits per heavy atom. The highest BCUT2D eigenvalue weighted by Gasteiger charge is 2.00. The average molecular weight is 350 g/mol. The zero-order valence-corrected chi connectivity index (χ0v) is 14.7. The summed E-state index contributed by atoms with van der Waals surface area (Å²) in [7, 11) is 0. The van der Waals surface area contributed by atoms with Gasteiger partial charge in [-0.1, -0.05) is 42.5 Å². The van der Waals surface area contributed by atoms with Crippen LogP contribution in [0, 0.1) is 5.82 Å². The Morgan fingerprint density at radius 3 is 2.35 bits per heavy atom. The van der Waals surface area contributed by atoms with Gasteiger partial charge in [-0.2, -0.15) is 4.98 Å². The van der Waals surface area contributed by atoms with Crippen molar-refractivity contribution in [3.8, 4) is 0 Å². The van der Waals surface area contributed by atoms with Crippen LogP contribution in [-0.4, -0.2) is 23.1 Å². The Hall–Kier alpha value is -2.95. The predicted molar refractivity (Wildman–Crippen MR) is 104 cm³/mol. The Kier molecular flexibility index (Phi) is 6.53. The number of hydrogen-bond acceptors (Lipinski definition) is 4. The molecule has 3 rings (SSSR count). The fourth-order valence-electron chi connectivity index (χ4n) is 2.67. The van der Waals surface area contributed by atoms with E-state index < -0.39 is 0 Å². The highest BCUT2D eigenvalue weighted by atomic mass is 19.1. The lowest BCUT2D eigenvalue weighted by Crippen LogP contribution is -2.10. The van der Waals surface area contributed by atoms with Crippen molar-refractivity contribution < 1.29 is 4.39 Å². The van der Waals surface area contributed by atoms with Crippen molar-refractivity contribution in [1.29, 1.82) is 0 Å². The summed E-state index contributed by atoms with van der Waals surface area (Å²) in [5.74, 6) is 1.21. The van der Waals surface area contributed by atoms with Crippen molar-refractivity contribution in [2.45, 2.75) is 19.3 Å². The van der Waals surface area contributed by atoms with Crippen molar-refractivity contribution in [2.24, 2.45) is 0 Å². The number of nitrogens with one attached hydrogen (secondary N) is 2. The average Bonchev–Trinajstić information content (AvgIpc) is 2.68. The van der Waals surface area contributed by atoms with Gasteiger partial charge in [-0.3, -0.25) is 0 Å². The maximum Gasteiger partial charge on any atom is 0.224 e. The maximum absolute atomic E-state index is 12.9. The molecule has 2 aromatic carbocycles. The summed E-state index contributed by atoms with van der Waals surface area (Å²) in [6.07, 6.45) is 4.61. The van der Waals surface area contributed by atoms with Crippen LogP contribution in [0.4, 0.5) is 16.2 Å². The standard InChI is InChI=1S/C21H23FN4/c22-19-10-8-18(9-11-19)12-15-23-20-13-16-25-21(26-20)24-14-4-7-17-5-2-1-3-6-17/h1-3,5-6,8-11,13,16H,4,7,12,14-15H2,(H2,23,24,25,26). The lowest BCUT2D eigenvalue weighted by atomic mass is 10.1. The van der Waals surface area contributed by atoms with E-state index in [9.17, 15) is 4.39 Å². The number of halogens is 1. The first kappa shape index (κ1) is 17.9. The molecule has 3 aromatic rings. The lowest BCUT2D eigenvalue weighted by molar-refractivity contribution is 0.627. The van der Waals surface area contributed by atoms with E-state index in [4.69, 9.17) is 0 Å². The molecule has 134 valence electrons. The number of anilines is 2. The second-order valence-corrected chi connectivity index (χ2v) is 6.08. The van der Waals surface area contributed by atoms with E-state index in [0.29, 0.717) is 5.95 Å². The van der Waals surface area contributed by atoms with E-state index in [1.807, 2.05) is 12.1 Å². The first-order chi connectivity index (χ1) is 12.8. The van der Waals surface area contributed by atoms with E-state index in [0.717, 1.165) is 43.7 Å². The summed E-state index contributed by atoms with van der Waals surface area (Å²) in [5, 5.41) is 6.55. The van der Waals surface area contributed by atoms with E-state index in [1.54, 1.807) is 18.3 Å². The number of benzene rings is 2. The molecule has 0 radical (unpaired) electrons. The number of hydrogen-bond donors (Lipinski definition) is 2. The first-order valence-electron chi connectivity index (χ1n) is 8.89. The van der Waals surface area contributed by atoms with Gasteiger partial charge in [-0.25, -0.2) is 9.37 Å². The molecule has 0 aliphatic heterocycles. The predicted octanol–water partition coefficient (Wildman–Crippen LogP) is 4.32. The molecular weight excluding hydrogens is 327 g/mol. The van der Waals surface area contributed by atoms with Crippen LogP contribution >= 0.6 is 0 Å². The van der Waals surface area contributed by atoms with Crippen LogP contribution in [0.2, 0.25) is 0 Å². The molecule has 0 aliphatic rings. The third-order valence-corrected chi connectivity index (χ3v) is 4.06. The number of nitrogens with zero attached hydrogens (tertiary/aromatic N) is 2. The van der Waals surface area contributed by atoms with Gasteiger partial charge in [0.15, 0.2) is 0 Å². The van der Waals surface area contributed by atoms with Gasteiger partial charge in [0.25, 0.3) is 0 Å². The molecule has 0 aliphatic carbocycles. The molecule has 26 heavy (non-hydrogen) atoms. The molecule has 0 bridgehead atoms. The van der Waals surface area contributed by atoms with Gasteiger partial charge >= 0.3 is 0 Å². The molecule has 0 spiro atoms. The molecule has 0 amide bonds. The highest BCUT2D eigenvalue weighted by Crippen LogP contribution is 2.08. The number of aryl methyl sites for hydroxylation is 1. The summed E-state index contributed by atoms with van der Waals surface area (Å²) >= 11 is 0. The summed E-state index contributed by atoms with van der Waals surface area (Å²) in [6.45, 7) is 1.56. The topological polar surface area (TPSA) is 49.8 Å². The minimum atomic E-state index is -0.208. The van der Waals surface area contributed by atoms with E-state index >= 15 is 0 Å². The van der Waals surface area contributed by atoms with Crippen molar-refractivity contribution >= 4 is 11.8 Å². The third kappa shape index (κ3) is 5.84. The van der Waals surface area contributed by atoms with Crippen LogP contribution in [-0.2, 0) is 12.8 Å². The molecule has 0 fully saturated rings. The van der Waals surface area contributed by atoms with Crippen molar-refractivity contribution in [3.05, 3.63) is 83.8 Å². The monoisotopic (exact) mass is 350 g/mol. The second-order valence-electron chi connectivity index (χ2n) is 6.08. The van der Waals surface area contributed by atoms with Gasteiger partial charge in [0.2, 0.25) is 5.95 Å². The van der Waals surface area contributed by atoms with E-state index in [1.165, 1.54) is 17.7 Å². The highest BCUT2D eigenvalue weighted by molar-refractivity contribution is 5.39. The van der Waals surface area contributed by atoms with Gasteiger partial charge in [0.1, 0.15) is 11.6 Å². The fourth-order valence-corrected chi connectivity index (χ4v) is 2.67. The summed E-state index contributed by atoms with van der Waals surface area (Å²) in [5.41, 5.74) is 2.43. The van der Waals surface area contributed by atoms with Crippen molar-refractivity contribution in [1.82, 2.24) is 9.97 Å². The maximum atomic E-state index is 12.9. The van der Waals surface area contributed by atoms with Gasteiger partial charge in [0.05, 0.1) is 0 Å². The fraction of sp³-hybridized carbons (Fsp3) is 0.238. The summed E-state index contributed by atoms with van der Waals surface area (Å²) in [6, 6.07) is 18.9. The largest absolute Gasteiger partial charge is 0.370 e. The Labute approximate surface area is 153 Å². The lowest BCUT2D eigenvalue weighted by Gasteiger charge is -2.08. The smallest absolute Gasteiger partial charge is 0.224 e. The van der Waals surface area contributed by atoms with Crippen LogP contribution in [0.5, 0.6) is 0 Å². The second kappa shape index (κ2) is 9.51. The van der Waals surface area contributed by atoms with Crippen molar-refractivity contribution in [3.63, 3.8) is 0 Å². The molecule has 0 atom stereocenters. The molecule has 1 aromatic heterocycles. The molecule has 5 heteroatoms. The van der Waals surface area contributed by atoms with Gasteiger partial charge in [-0.15, -0.1) is 0 Å². The molecule has 0 saturated heterocycles. The van der Waals surface area contributed by atoms with Gasteiger partial charge < -0.3 is 10.6 Å². The number of aromatic nitrogens is 2. The van der Waals surface area contributed by atoms with Crippen LogP contribution in [0.1, 0.15) is 17.5 Å². The first-order valence-corrected chi connectivity index (χ1v) is 8.89. The van der Waals surface area contributed by atoms with Gasteiger partial charge in [-0.05, 0) is 48.6 Å². The third-order valence-electron chi connectivity index (χ3n) is 4.06. The Bertz CT molecular complexity index is 791. The SMILES string of the molecule is Fc1ccc(CCNc2ccnc(NCCCc3ccccc3)n2)cc1. The molecule has 0 unspecified atom stereocenters. The summed E-state index contributed by atoms with van der Waals surface area (Å²) < 4.78 is 12.9. The normalized spacial score (nSPS) is 10.5. The van der Waals surface area contributed by atoms with Crippen LogP contribution in [0.15, 0.2) is 66.9 Å². The minimum absolute atomic E-state index is 0.208. The molecule has 0 saturated carbocycles.